The molecule has 0 aromatic heterocycles. The minimum Gasteiger partial charge on any atom is -0.502 e. The summed E-state index contributed by atoms with van der Waals surface area (Å²) in [7, 11) is 3.38. The normalized spacial score (nSPS) is 13.0. The van der Waals surface area contributed by atoms with Gasteiger partial charge in [-0.25, -0.2) is 0 Å². The fraction of sp³-hybridized carbons (Fsp3) is 0.600. The van der Waals surface area contributed by atoms with Gasteiger partial charge < -0.3 is 9.47 Å². The molecule has 12 heavy (non-hydrogen) atoms. The molecule has 0 aromatic carbocycles. The highest BCUT2D eigenvalue weighted by molar-refractivity contribution is 4.95. The lowest BCUT2D eigenvalue weighted by Crippen LogP contribution is -1.86. The highest BCUT2D eigenvalue weighted by atomic mass is 16.5. The van der Waals surface area contributed by atoms with Crippen LogP contribution < -0.4 is 0 Å². The van der Waals surface area contributed by atoms with E-state index in [1.54, 1.807) is 14.2 Å². The molecule has 0 N–H and O–H groups in total. The summed E-state index contributed by atoms with van der Waals surface area (Å²) in [5, 5.41) is 0. The average molecular weight is 170 g/mol. The van der Waals surface area contributed by atoms with E-state index in [0.29, 0.717) is 0 Å². The highest BCUT2D eigenvalue weighted by Gasteiger charge is 1.92. The molecule has 0 spiro atoms. The molecule has 0 saturated carbocycles. The summed E-state index contributed by atoms with van der Waals surface area (Å²) < 4.78 is 10.1. The van der Waals surface area contributed by atoms with E-state index in [2.05, 4.69) is 6.08 Å². The van der Waals surface area contributed by atoms with Crippen molar-refractivity contribution >= 4 is 0 Å². The van der Waals surface area contributed by atoms with Crippen molar-refractivity contribution in [1.82, 2.24) is 0 Å². The molecule has 0 unspecified atom stereocenters. The number of allylic oxidation sites excluding steroid dienone is 4. The lowest BCUT2D eigenvalue weighted by molar-refractivity contribution is 0.274. The highest BCUT2D eigenvalue weighted by Crippen LogP contribution is 2.07. The first-order valence-corrected chi connectivity index (χ1v) is 4.14. The maximum absolute atomic E-state index is 5.11. The van der Waals surface area contributed by atoms with Gasteiger partial charge in [-0.2, -0.15) is 0 Å². The number of ether oxygens (including phenoxy) is 2. The van der Waals surface area contributed by atoms with Gasteiger partial charge in [0.05, 0.1) is 25.7 Å². The van der Waals surface area contributed by atoms with Crippen molar-refractivity contribution in [2.75, 3.05) is 14.2 Å². The van der Waals surface area contributed by atoms with Gasteiger partial charge in [0.25, 0.3) is 0 Å². The second-order valence-electron chi connectivity index (χ2n) is 2.52. The maximum atomic E-state index is 5.11. The number of hydrogen-bond donors (Lipinski definition) is 0. The molecule has 0 atom stereocenters. The lowest BCUT2D eigenvalue weighted by atomic mass is 10.2. The molecular formula is C10H18O2. The first-order valence-electron chi connectivity index (χ1n) is 4.14. The first kappa shape index (κ1) is 11.1. The van der Waals surface area contributed by atoms with Crippen molar-refractivity contribution in [3.8, 4) is 0 Å². The van der Waals surface area contributed by atoms with Crippen molar-refractivity contribution in [2.24, 2.45) is 0 Å². The largest absolute Gasteiger partial charge is 0.502 e. The predicted octanol–water partition coefficient (Wildman–Crippen LogP) is 2.87. The van der Waals surface area contributed by atoms with Gasteiger partial charge in [0, 0.05) is 6.42 Å². The van der Waals surface area contributed by atoms with Crippen molar-refractivity contribution in [3.05, 3.63) is 23.7 Å². The van der Waals surface area contributed by atoms with E-state index in [-0.39, 0.29) is 0 Å². The van der Waals surface area contributed by atoms with Crippen LogP contribution >= 0.6 is 0 Å². The molecule has 2 nitrogen and oxygen atoms in total. The van der Waals surface area contributed by atoms with E-state index in [1.807, 2.05) is 19.9 Å². The Labute approximate surface area is 74.9 Å². The van der Waals surface area contributed by atoms with Gasteiger partial charge in [0.2, 0.25) is 0 Å². The molecule has 0 amide bonds. The molecule has 0 rings (SSSR count). The zero-order chi connectivity index (χ0) is 9.40. The molecule has 0 aliphatic rings. The van der Waals surface area contributed by atoms with E-state index < -0.39 is 0 Å². The van der Waals surface area contributed by atoms with Gasteiger partial charge in [0.15, 0.2) is 0 Å². The summed E-state index contributed by atoms with van der Waals surface area (Å²) in [5.41, 5.74) is 0. The van der Waals surface area contributed by atoms with Gasteiger partial charge in [-0.1, -0.05) is 0 Å². The zero-order valence-corrected chi connectivity index (χ0v) is 8.39. The molecule has 0 heterocycles. The third kappa shape index (κ3) is 4.83. The summed E-state index contributed by atoms with van der Waals surface area (Å²) in [5.74, 6) is 1.98. The fourth-order valence-corrected chi connectivity index (χ4v) is 0.865. The van der Waals surface area contributed by atoms with Crippen LogP contribution in [0.4, 0.5) is 0 Å². The molecule has 0 bridgehead atoms. The van der Waals surface area contributed by atoms with Gasteiger partial charge in [-0.15, -0.1) is 0 Å². The number of hydrogen-bond acceptors (Lipinski definition) is 2. The van der Waals surface area contributed by atoms with Crippen molar-refractivity contribution in [2.45, 2.75) is 26.7 Å². The molecule has 0 fully saturated rings. The van der Waals surface area contributed by atoms with E-state index >= 15 is 0 Å². The fourth-order valence-electron chi connectivity index (χ4n) is 0.865. The Bertz CT molecular complexity index is 169. The smallest absolute Gasteiger partial charge is 0.0916 e. The van der Waals surface area contributed by atoms with Crippen LogP contribution in [0.3, 0.4) is 0 Å². The Morgan fingerprint density at radius 3 is 2.33 bits per heavy atom. The third-order valence-electron chi connectivity index (χ3n) is 1.73. The van der Waals surface area contributed by atoms with E-state index in [4.69, 9.17) is 9.47 Å². The van der Waals surface area contributed by atoms with E-state index in [1.165, 1.54) is 0 Å². The lowest BCUT2D eigenvalue weighted by Gasteiger charge is -2.03. The molecule has 0 aliphatic carbocycles. The number of rotatable bonds is 5. The van der Waals surface area contributed by atoms with Crippen LogP contribution in [-0.2, 0) is 9.47 Å². The van der Waals surface area contributed by atoms with Crippen LogP contribution in [0.5, 0.6) is 0 Å². The SMILES string of the molecule is C/C=C(\CC/C=C(\C)OC)OC. The second kappa shape index (κ2) is 6.77. The van der Waals surface area contributed by atoms with Crippen LogP contribution in [0.25, 0.3) is 0 Å². The Hall–Kier alpha value is -0.920. The van der Waals surface area contributed by atoms with Gasteiger partial charge in [-0.05, 0) is 32.4 Å². The maximum Gasteiger partial charge on any atom is 0.0916 e. The van der Waals surface area contributed by atoms with Crippen LogP contribution in [0.1, 0.15) is 26.7 Å². The summed E-state index contributed by atoms with van der Waals surface area (Å²) in [4.78, 5) is 0. The minimum atomic E-state index is 0.938. The molecule has 0 radical (unpaired) electrons. The third-order valence-corrected chi connectivity index (χ3v) is 1.73. The number of methoxy groups -OCH3 is 2. The monoisotopic (exact) mass is 170 g/mol. The Morgan fingerprint density at radius 2 is 1.92 bits per heavy atom. The summed E-state index contributed by atoms with van der Waals surface area (Å²) >= 11 is 0. The van der Waals surface area contributed by atoms with Crippen molar-refractivity contribution in [3.63, 3.8) is 0 Å². The quantitative estimate of drug-likeness (QED) is 0.591. The topological polar surface area (TPSA) is 18.5 Å². The van der Waals surface area contributed by atoms with Crippen LogP contribution in [-0.4, -0.2) is 14.2 Å². The van der Waals surface area contributed by atoms with E-state index in [9.17, 15) is 0 Å². The minimum absolute atomic E-state index is 0.938. The molecule has 70 valence electrons. The zero-order valence-electron chi connectivity index (χ0n) is 8.39. The molecule has 2 heteroatoms. The van der Waals surface area contributed by atoms with Crippen LogP contribution in [0.15, 0.2) is 23.7 Å². The first-order chi connectivity index (χ1) is 5.74. The van der Waals surface area contributed by atoms with Crippen LogP contribution in [0, 0.1) is 0 Å². The Kier molecular flexibility index (Phi) is 6.25. The second-order valence-corrected chi connectivity index (χ2v) is 2.52. The molecule has 0 aliphatic heterocycles. The standard InChI is InChI=1S/C10H18O2/c1-5-10(12-4)8-6-7-9(2)11-3/h5,7H,6,8H2,1-4H3/b9-7+,10-5+. The van der Waals surface area contributed by atoms with Gasteiger partial charge >= 0.3 is 0 Å². The van der Waals surface area contributed by atoms with Gasteiger partial charge in [0.1, 0.15) is 0 Å². The van der Waals surface area contributed by atoms with Crippen molar-refractivity contribution in [1.29, 1.82) is 0 Å². The van der Waals surface area contributed by atoms with E-state index in [0.717, 1.165) is 24.4 Å². The molecule has 0 saturated heterocycles. The Balaban J connectivity index is 3.68. The van der Waals surface area contributed by atoms with Gasteiger partial charge in [-0.3, -0.25) is 0 Å². The molecular weight excluding hydrogens is 152 g/mol. The Morgan fingerprint density at radius 1 is 1.25 bits per heavy atom. The average Bonchev–Trinajstić information content (AvgIpc) is 2.12. The predicted molar refractivity (Wildman–Crippen MR) is 50.8 cm³/mol. The van der Waals surface area contributed by atoms with Crippen LogP contribution in [0.2, 0.25) is 0 Å². The summed E-state index contributed by atoms with van der Waals surface area (Å²) in [6.45, 7) is 3.92. The summed E-state index contributed by atoms with van der Waals surface area (Å²) in [6.07, 6.45) is 5.94. The molecule has 0 aromatic rings. The summed E-state index contributed by atoms with van der Waals surface area (Å²) in [6, 6.07) is 0. The van der Waals surface area contributed by atoms with Crippen molar-refractivity contribution < 1.29 is 9.47 Å².